The van der Waals surface area contributed by atoms with Crippen molar-refractivity contribution in [3.05, 3.63) is 53.6 Å². The van der Waals surface area contributed by atoms with Gasteiger partial charge in [0.25, 0.3) is 0 Å². The van der Waals surface area contributed by atoms with Crippen molar-refractivity contribution in [3.8, 4) is 23.0 Å². The summed E-state index contributed by atoms with van der Waals surface area (Å²) in [6.07, 6.45) is 4.23. The number of aromatic hydroxyl groups is 3. The van der Waals surface area contributed by atoms with Gasteiger partial charge in [-0.3, -0.25) is 0 Å². The maximum atomic E-state index is 9.81. The van der Waals surface area contributed by atoms with Crippen molar-refractivity contribution in [1.82, 2.24) is 0 Å². The highest BCUT2D eigenvalue weighted by molar-refractivity contribution is 5.55. The molecule has 4 nitrogen and oxygen atoms in total. The van der Waals surface area contributed by atoms with Crippen molar-refractivity contribution in [2.45, 2.75) is 6.42 Å². The summed E-state index contributed by atoms with van der Waals surface area (Å²) in [6, 6.07) is 9.75. The lowest BCUT2D eigenvalue weighted by atomic mass is 10.1. The number of hydrogen-bond donors (Lipinski definition) is 3. The lowest BCUT2D eigenvalue weighted by molar-refractivity contribution is 0.403. The molecule has 0 radical (unpaired) electrons. The molecular formula is C16H16O4. The lowest BCUT2D eigenvalue weighted by Crippen LogP contribution is -1.86. The predicted octanol–water partition coefficient (Wildman–Crippen LogP) is 3.07. The normalized spacial score (nSPS) is 10.8. The molecule has 0 aliphatic carbocycles. The van der Waals surface area contributed by atoms with Gasteiger partial charge in [0.05, 0.1) is 7.11 Å². The average Bonchev–Trinajstić information content (AvgIpc) is 2.44. The molecule has 0 aliphatic rings. The van der Waals surface area contributed by atoms with E-state index >= 15 is 0 Å². The van der Waals surface area contributed by atoms with Gasteiger partial charge in [-0.25, -0.2) is 0 Å². The first-order valence-electron chi connectivity index (χ1n) is 6.14. The topological polar surface area (TPSA) is 69.9 Å². The van der Waals surface area contributed by atoms with Crippen LogP contribution in [-0.4, -0.2) is 22.4 Å². The SMILES string of the molecule is COc1ccc(CC=Cc2ccc(O)c(O)c2)c(O)c1. The standard InChI is InChI=1S/C16H16O4/c1-20-13-7-6-12(15(18)10-13)4-2-3-11-5-8-14(17)16(19)9-11/h2-3,5-10,17-19H,4H2,1H3. The van der Waals surface area contributed by atoms with Gasteiger partial charge in [0.1, 0.15) is 11.5 Å². The van der Waals surface area contributed by atoms with Gasteiger partial charge in [-0.15, -0.1) is 0 Å². The van der Waals surface area contributed by atoms with E-state index < -0.39 is 0 Å². The van der Waals surface area contributed by atoms with Gasteiger partial charge in [-0.05, 0) is 35.7 Å². The molecule has 0 unspecified atom stereocenters. The Hall–Kier alpha value is -2.62. The molecule has 3 N–H and O–H groups in total. The number of hydrogen-bond acceptors (Lipinski definition) is 4. The Kier molecular flexibility index (Phi) is 4.15. The van der Waals surface area contributed by atoms with Crippen molar-refractivity contribution >= 4 is 6.08 Å². The molecule has 0 bridgehead atoms. The smallest absolute Gasteiger partial charge is 0.157 e. The molecule has 0 aliphatic heterocycles. The van der Waals surface area contributed by atoms with Gasteiger partial charge in [0.2, 0.25) is 0 Å². The fraction of sp³-hybridized carbons (Fsp3) is 0.125. The highest BCUT2D eigenvalue weighted by atomic mass is 16.5. The zero-order chi connectivity index (χ0) is 14.5. The van der Waals surface area contributed by atoms with Crippen molar-refractivity contribution in [1.29, 1.82) is 0 Å². The number of rotatable bonds is 4. The van der Waals surface area contributed by atoms with E-state index in [1.165, 1.54) is 12.1 Å². The van der Waals surface area contributed by atoms with Gasteiger partial charge < -0.3 is 20.1 Å². The van der Waals surface area contributed by atoms with Crippen LogP contribution in [0.5, 0.6) is 23.0 Å². The van der Waals surface area contributed by atoms with Crippen LogP contribution in [0, 0.1) is 0 Å². The van der Waals surface area contributed by atoms with E-state index in [4.69, 9.17) is 4.74 Å². The summed E-state index contributed by atoms with van der Waals surface area (Å²) in [6.45, 7) is 0. The average molecular weight is 272 g/mol. The third-order valence-corrected chi connectivity index (χ3v) is 2.94. The maximum absolute atomic E-state index is 9.81. The molecule has 2 aromatic rings. The summed E-state index contributed by atoms with van der Waals surface area (Å²) in [4.78, 5) is 0. The van der Waals surface area contributed by atoms with Crippen LogP contribution in [0.15, 0.2) is 42.5 Å². The zero-order valence-corrected chi connectivity index (χ0v) is 11.1. The van der Waals surface area contributed by atoms with Gasteiger partial charge in [-0.2, -0.15) is 0 Å². The summed E-state index contributed by atoms with van der Waals surface area (Å²) < 4.78 is 5.02. The number of phenols is 3. The molecular weight excluding hydrogens is 256 g/mol. The Labute approximate surface area is 117 Å². The van der Waals surface area contributed by atoms with Crippen LogP contribution in [0.25, 0.3) is 6.08 Å². The van der Waals surface area contributed by atoms with Crippen molar-refractivity contribution in [3.63, 3.8) is 0 Å². The first kappa shape index (κ1) is 13.8. The largest absolute Gasteiger partial charge is 0.508 e. The number of ether oxygens (including phenoxy) is 1. The molecule has 0 atom stereocenters. The minimum atomic E-state index is -0.153. The van der Waals surface area contributed by atoms with E-state index in [1.807, 2.05) is 12.2 Å². The van der Waals surface area contributed by atoms with Crippen LogP contribution in [0.2, 0.25) is 0 Å². The molecule has 0 spiro atoms. The van der Waals surface area contributed by atoms with E-state index in [-0.39, 0.29) is 17.2 Å². The maximum Gasteiger partial charge on any atom is 0.157 e. The molecule has 20 heavy (non-hydrogen) atoms. The Morgan fingerprint density at radius 3 is 2.40 bits per heavy atom. The molecule has 0 amide bonds. The van der Waals surface area contributed by atoms with E-state index in [2.05, 4.69) is 0 Å². The second-order valence-corrected chi connectivity index (χ2v) is 4.35. The van der Waals surface area contributed by atoms with Gasteiger partial charge >= 0.3 is 0 Å². The van der Waals surface area contributed by atoms with Crippen molar-refractivity contribution in [2.75, 3.05) is 7.11 Å². The highest BCUT2D eigenvalue weighted by Crippen LogP contribution is 2.26. The minimum absolute atomic E-state index is 0.144. The van der Waals surface area contributed by atoms with Gasteiger partial charge in [0.15, 0.2) is 11.5 Å². The number of methoxy groups -OCH3 is 1. The number of phenolic OH excluding ortho intramolecular Hbond substituents is 3. The first-order valence-corrected chi connectivity index (χ1v) is 6.14. The van der Waals surface area contributed by atoms with Gasteiger partial charge in [0, 0.05) is 6.07 Å². The third kappa shape index (κ3) is 3.23. The van der Waals surface area contributed by atoms with E-state index in [1.54, 1.807) is 31.4 Å². The summed E-state index contributed by atoms with van der Waals surface area (Å²) in [5.41, 5.74) is 1.55. The molecule has 0 saturated heterocycles. The Balaban J connectivity index is 2.07. The summed E-state index contributed by atoms with van der Waals surface area (Å²) in [5.74, 6) is 0.496. The fourth-order valence-electron chi connectivity index (χ4n) is 1.81. The predicted molar refractivity (Wildman–Crippen MR) is 77.2 cm³/mol. The molecule has 2 rings (SSSR count). The van der Waals surface area contributed by atoms with E-state index in [0.717, 1.165) is 11.1 Å². The number of allylic oxidation sites excluding steroid dienone is 1. The molecule has 2 aromatic carbocycles. The second kappa shape index (κ2) is 6.02. The van der Waals surface area contributed by atoms with Crippen molar-refractivity contribution < 1.29 is 20.1 Å². The van der Waals surface area contributed by atoms with Crippen LogP contribution in [0.3, 0.4) is 0 Å². The molecule has 104 valence electrons. The second-order valence-electron chi connectivity index (χ2n) is 4.35. The first-order chi connectivity index (χ1) is 9.60. The quantitative estimate of drug-likeness (QED) is 0.748. The molecule has 0 fully saturated rings. The van der Waals surface area contributed by atoms with E-state index in [0.29, 0.717) is 12.2 Å². The van der Waals surface area contributed by atoms with Crippen molar-refractivity contribution in [2.24, 2.45) is 0 Å². The highest BCUT2D eigenvalue weighted by Gasteiger charge is 2.01. The minimum Gasteiger partial charge on any atom is -0.508 e. The molecule has 0 saturated carbocycles. The zero-order valence-electron chi connectivity index (χ0n) is 11.1. The van der Waals surface area contributed by atoms with Crippen LogP contribution in [0.1, 0.15) is 11.1 Å². The fourth-order valence-corrected chi connectivity index (χ4v) is 1.81. The summed E-state index contributed by atoms with van der Waals surface area (Å²) in [7, 11) is 1.55. The summed E-state index contributed by atoms with van der Waals surface area (Å²) in [5, 5.41) is 28.4. The Morgan fingerprint density at radius 2 is 1.75 bits per heavy atom. The Bertz CT molecular complexity index is 632. The van der Waals surface area contributed by atoms with Crippen LogP contribution in [0.4, 0.5) is 0 Å². The van der Waals surface area contributed by atoms with Gasteiger partial charge in [-0.1, -0.05) is 24.3 Å². The van der Waals surface area contributed by atoms with Crippen LogP contribution in [-0.2, 0) is 6.42 Å². The van der Waals surface area contributed by atoms with E-state index in [9.17, 15) is 15.3 Å². The van der Waals surface area contributed by atoms with Crippen LogP contribution >= 0.6 is 0 Å². The number of benzene rings is 2. The van der Waals surface area contributed by atoms with Crippen LogP contribution < -0.4 is 4.74 Å². The summed E-state index contributed by atoms with van der Waals surface area (Å²) >= 11 is 0. The molecule has 0 heterocycles. The lowest BCUT2D eigenvalue weighted by Gasteiger charge is -2.04. The third-order valence-electron chi connectivity index (χ3n) is 2.94. The Morgan fingerprint density at radius 1 is 0.950 bits per heavy atom. The molecule has 0 aromatic heterocycles. The monoisotopic (exact) mass is 272 g/mol. The molecule has 4 heteroatoms.